The van der Waals surface area contributed by atoms with E-state index in [2.05, 4.69) is 72.4 Å². The summed E-state index contributed by atoms with van der Waals surface area (Å²) in [6.45, 7) is 12.6. The predicted octanol–water partition coefficient (Wildman–Crippen LogP) is 3.02. The maximum absolute atomic E-state index is 6.65. The highest BCUT2D eigenvalue weighted by Gasteiger charge is 2.36. The molecule has 30 heavy (non-hydrogen) atoms. The Labute approximate surface area is 183 Å². The van der Waals surface area contributed by atoms with Crippen LogP contribution in [0.15, 0.2) is 42.5 Å². The van der Waals surface area contributed by atoms with Crippen molar-refractivity contribution in [3.05, 3.63) is 70.0 Å². The third-order valence-corrected chi connectivity index (χ3v) is 6.56. The predicted molar refractivity (Wildman–Crippen MR) is 120 cm³/mol. The van der Waals surface area contributed by atoms with Crippen LogP contribution < -0.4 is 9.80 Å². The van der Waals surface area contributed by atoms with Gasteiger partial charge in [-0.2, -0.15) is 0 Å². The standard InChI is InChI=1S/C23H29ClN6/c1-16(2)30-23(25-26-27-30)22(19-9-5-6-10-20(19)24)29-14-12-28(13-15-29)21-11-7-8-17(3)18(21)4/h5-11,16,22H,12-15H2,1-4H3/p+1/t22-/m0/s1. The number of anilines is 1. The zero-order valence-electron chi connectivity index (χ0n) is 18.1. The van der Waals surface area contributed by atoms with Gasteiger partial charge in [-0.3, -0.25) is 0 Å². The minimum absolute atomic E-state index is 0.0110. The van der Waals surface area contributed by atoms with Crippen molar-refractivity contribution in [2.45, 2.75) is 39.8 Å². The maximum atomic E-state index is 6.65. The summed E-state index contributed by atoms with van der Waals surface area (Å²) in [7, 11) is 0. The Kier molecular flexibility index (Phi) is 6.06. The third kappa shape index (κ3) is 3.94. The average Bonchev–Trinajstić information content (AvgIpc) is 3.22. The van der Waals surface area contributed by atoms with Crippen LogP contribution in [0.2, 0.25) is 5.02 Å². The van der Waals surface area contributed by atoms with Gasteiger partial charge in [0, 0.05) is 11.3 Å². The molecule has 0 unspecified atom stereocenters. The lowest BCUT2D eigenvalue weighted by Crippen LogP contribution is -3.15. The number of tetrazole rings is 1. The van der Waals surface area contributed by atoms with Crippen LogP contribution in [0, 0.1) is 13.8 Å². The first kappa shape index (κ1) is 20.8. The first-order valence-electron chi connectivity index (χ1n) is 10.6. The van der Waals surface area contributed by atoms with E-state index in [-0.39, 0.29) is 12.1 Å². The smallest absolute Gasteiger partial charge is 0.214 e. The van der Waals surface area contributed by atoms with E-state index in [4.69, 9.17) is 11.6 Å². The van der Waals surface area contributed by atoms with E-state index in [0.29, 0.717) is 0 Å². The molecule has 0 bridgehead atoms. The van der Waals surface area contributed by atoms with Crippen LogP contribution in [0.3, 0.4) is 0 Å². The number of hydrogen-bond donors (Lipinski definition) is 1. The number of hydrogen-bond acceptors (Lipinski definition) is 4. The number of rotatable bonds is 5. The number of piperazine rings is 1. The number of quaternary nitrogens is 1. The van der Waals surface area contributed by atoms with Crippen LogP contribution in [0.4, 0.5) is 5.69 Å². The average molecular weight is 426 g/mol. The molecular formula is C23H30ClN6+. The van der Waals surface area contributed by atoms with Crippen molar-refractivity contribution in [2.24, 2.45) is 0 Å². The summed E-state index contributed by atoms with van der Waals surface area (Å²) in [6.07, 6.45) is 0. The Morgan fingerprint density at radius 2 is 1.73 bits per heavy atom. The molecule has 1 aromatic heterocycles. The minimum Gasteiger partial charge on any atom is -0.360 e. The minimum atomic E-state index is 0.0110. The second-order valence-electron chi connectivity index (χ2n) is 8.39. The summed E-state index contributed by atoms with van der Waals surface area (Å²) in [4.78, 5) is 3.95. The maximum Gasteiger partial charge on any atom is 0.214 e. The van der Waals surface area contributed by atoms with Crippen molar-refractivity contribution in [1.82, 2.24) is 20.2 Å². The van der Waals surface area contributed by atoms with Gasteiger partial charge < -0.3 is 9.80 Å². The number of nitrogens with one attached hydrogen (secondary N) is 1. The zero-order chi connectivity index (χ0) is 21.3. The van der Waals surface area contributed by atoms with Gasteiger partial charge in [0.2, 0.25) is 5.82 Å². The second-order valence-corrected chi connectivity index (χ2v) is 8.80. The molecule has 1 aliphatic rings. The number of aromatic nitrogens is 4. The summed E-state index contributed by atoms with van der Waals surface area (Å²) >= 11 is 6.65. The molecule has 1 N–H and O–H groups in total. The highest BCUT2D eigenvalue weighted by molar-refractivity contribution is 6.31. The van der Waals surface area contributed by atoms with E-state index >= 15 is 0 Å². The third-order valence-electron chi connectivity index (χ3n) is 6.21. The van der Waals surface area contributed by atoms with E-state index in [1.165, 1.54) is 21.7 Å². The fourth-order valence-electron chi connectivity index (χ4n) is 4.41. The molecular weight excluding hydrogens is 396 g/mol. The molecule has 1 atom stereocenters. The van der Waals surface area contributed by atoms with Crippen molar-refractivity contribution < 1.29 is 4.90 Å². The van der Waals surface area contributed by atoms with Gasteiger partial charge in [0.05, 0.1) is 37.2 Å². The van der Waals surface area contributed by atoms with Crippen LogP contribution in [0.25, 0.3) is 0 Å². The van der Waals surface area contributed by atoms with Crippen molar-refractivity contribution in [1.29, 1.82) is 0 Å². The quantitative estimate of drug-likeness (QED) is 0.682. The second kappa shape index (κ2) is 8.74. The molecule has 4 rings (SSSR count). The number of aryl methyl sites for hydroxylation is 1. The Bertz CT molecular complexity index is 1010. The molecule has 6 nitrogen and oxygen atoms in total. The van der Waals surface area contributed by atoms with Gasteiger partial charge in [0.25, 0.3) is 0 Å². The fourth-order valence-corrected chi connectivity index (χ4v) is 4.66. The van der Waals surface area contributed by atoms with Crippen LogP contribution >= 0.6 is 11.6 Å². The summed E-state index contributed by atoms with van der Waals surface area (Å²) in [5, 5.41) is 13.5. The van der Waals surface area contributed by atoms with E-state index in [9.17, 15) is 0 Å². The molecule has 2 aromatic carbocycles. The summed E-state index contributed by atoms with van der Waals surface area (Å²) in [6, 6.07) is 14.9. The molecule has 0 amide bonds. The lowest BCUT2D eigenvalue weighted by atomic mass is 10.0. The van der Waals surface area contributed by atoms with Gasteiger partial charge in [0.15, 0.2) is 6.04 Å². The Hall–Kier alpha value is -2.44. The monoisotopic (exact) mass is 425 g/mol. The molecule has 0 spiro atoms. The van der Waals surface area contributed by atoms with Crippen LogP contribution in [-0.4, -0.2) is 46.4 Å². The van der Waals surface area contributed by atoms with Gasteiger partial charge in [0.1, 0.15) is 0 Å². The molecule has 1 aliphatic heterocycles. The summed E-state index contributed by atoms with van der Waals surface area (Å²) in [5.74, 6) is 0.883. The van der Waals surface area contributed by atoms with Gasteiger partial charge in [-0.25, -0.2) is 4.68 Å². The molecule has 158 valence electrons. The van der Waals surface area contributed by atoms with E-state index in [1.807, 2.05) is 22.9 Å². The molecule has 1 saturated heterocycles. The molecule has 1 fully saturated rings. The van der Waals surface area contributed by atoms with Gasteiger partial charge in [-0.05, 0) is 61.4 Å². The fraction of sp³-hybridized carbons (Fsp3) is 0.435. The van der Waals surface area contributed by atoms with Crippen molar-refractivity contribution in [2.75, 3.05) is 31.1 Å². The molecule has 0 saturated carbocycles. The highest BCUT2D eigenvalue weighted by Crippen LogP contribution is 2.27. The normalized spacial score (nSPS) is 16.3. The summed E-state index contributed by atoms with van der Waals surface area (Å²) in [5.41, 5.74) is 5.14. The lowest BCUT2D eigenvalue weighted by molar-refractivity contribution is -0.927. The molecule has 7 heteroatoms. The Morgan fingerprint density at radius 3 is 2.43 bits per heavy atom. The SMILES string of the molecule is Cc1cccc(N2CC[NH+]([C@@H](c3ccccc3Cl)c3nnnn3C(C)C)CC2)c1C. The number of halogens is 1. The summed E-state index contributed by atoms with van der Waals surface area (Å²) < 4.78 is 1.93. The van der Waals surface area contributed by atoms with Gasteiger partial charge >= 0.3 is 0 Å². The van der Waals surface area contributed by atoms with Gasteiger partial charge in [-0.15, -0.1) is 5.10 Å². The zero-order valence-corrected chi connectivity index (χ0v) is 18.9. The largest absolute Gasteiger partial charge is 0.360 e. The van der Waals surface area contributed by atoms with E-state index in [0.717, 1.165) is 42.6 Å². The van der Waals surface area contributed by atoms with Crippen molar-refractivity contribution in [3.63, 3.8) is 0 Å². The molecule has 2 heterocycles. The number of benzene rings is 2. The van der Waals surface area contributed by atoms with Crippen molar-refractivity contribution >= 4 is 17.3 Å². The van der Waals surface area contributed by atoms with Gasteiger partial charge in [-0.1, -0.05) is 41.9 Å². The number of nitrogens with zero attached hydrogens (tertiary/aromatic N) is 5. The highest BCUT2D eigenvalue weighted by atomic mass is 35.5. The van der Waals surface area contributed by atoms with Crippen LogP contribution in [-0.2, 0) is 0 Å². The Morgan fingerprint density at radius 1 is 1.00 bits per heavy atom. The lowest BCUT2D eigenvalue weighted by Gasteiger charge is -2.38. The first-order chi connectivity index (χ1) is 14.5. The van der Waals surface area contributed by atoms with Crippen LogP contribution in [0.1, 0.15) is 48.4 Å². The van der Waals surface area contributed by atoms with Crippen molar-refractivity contribution in [3.8, 4) is 0 Å². The molecule has 0 aliphatic carbocycles. The topological polar surface area (TPSA) is 51.3 Å². The first-order valence-corrected chi connectivity index (χ1v) is 11.0. The Balaban J connectivity index is 1.64. The van der Waals surface area contributed by atoms with E-state index < -0.39 is 0 Å². The molecule has 3 aromatic rings. The van der Waals surface area contributed by atoms with E-state index in [1.54, 1.807) is 0 Å². The molecule has 0 radical (unpaired) electrons. The van der Waals surface area contributed by atoms with Crippen LogP contribution in [0.5, 0.6) is 0 Å².